The second kappa shape index (κ2) is 72.3. The van der Waals surface area contributed by atoms with Crippen molar-refractivity contribution in [1.82, 2.24) is 0 Å². The molecule has 101 heavy (non-hydrogen) atoms. The molecule has 0 saturated carbocycles. The standard InChI is InChI=1S/C82H160O17P2/c1-8-10-11-12-13-14-27-34-42-49-56-63-79(84)92-70-78(99-82(87)66-59-52-45-38-37-40-47-54-61-74(5)6)72-97-101(90,91)95-68-76(83)67-94-100(88,89)96-71-77(69-93-80(85)64-57-50-43-35-30-25-22-21-24-29-33-41-48-55-62-75(7)9-2)98-81(86)65-58-51-44-36-31-26-20-18-16-15-17-19-23-28-32-39-46-53-60-73(3)4/h73-78,83H,8-72H2,1-7H3,(H,88,89)(H,90,91)/t75?,76-,77-,78-/m1/s1. The van der Waals surface area contributed by atoms with Crippen LogP contribution < -0.4 is 0 Å². The van der Waals surface area contributed by atoms with Gasteiger partial charge in [-0.25, -0.2) is 9.13 Å². The number of hydrogen-bond donors (Lipinski definition) is 3. The normalized spacial score (nSPS) is 14.2. The van der Waals surface area contributed by atoms with Gasteiger partial charge >= 0.3 is 39.5 Å². The smallest absolute Gasteiger partial charge is 0.462 e. The van der Waals surface area contributed by atoms with Gasteiger partial charge in [0.05, 0.1) is 26.4 Å². The second-order valence-electron chi connectivity index (χ2n) is 30.7. The van der Waals surface area contributed by atoms with E-state index in [9.17, 15) is 43.2 Å². The first-order valence-electron chi connectivity index (χ1n) is 42.4. The Morgan fingerprint density at radius 3 is 0.752 bits per heavy atom. The number of phosphoric acid groups is 2. The molecule has 6 atom stereocenters. The fourth-order valence-electron chi connectivity index (χ4n) is 12.6. The van der Waals surface area contributed by atoms with E-state index < -0.39 is 97.5 Å². The van der Waals surface area contributed by atoms with Crippen molar-refractivity contribution in [3.63, 3.8) is 0 Å². The fraction of sp³-hybridized carbons (Fsp3) is 0.951. The molecule has 0 aromatic heterocycles. The van der Waals surface area contributed by atoms with E-state index in [4.69, 9.17) is 37.0 Å². The van der Waals surface area contributed by atoms with Gasteiger partial charge in [0.15, 0.2) is 12.2 Å². The molecular weight excluding hydrogens is 1320 g/mol. The lowest BCUT2D eigenvalue weighted by molar-refractivity contribution is -0.161. The molecule has 0 fully saturated rings. The third-order valence-electron chi connectivity index (χ3n) is 19.5. The molecule has 600 valence electrons. The number of aliphatic hydroxyl groups is 1. The van der Waals surface area contributed by atoms with Gasteiger partial charge in [-0.1, -0.05) is 376 Å². The average Bonchev–Trinajstić information content (AvgIpc) is 1.22. The Bertz CT molecular complexity index is 1960. The van der Waals surface area contributed by atoms with E-state index in [-0.39, 0.29) is 25.7 Å². The molecule has 0 amide bonds. The molecule has 0 aliphatic heterocycles. The van der Waals surface area contributed by atoms with Crippen LogP contribution in [0, 0.1) is 17.8 Å². The summed E-state index contributed by atoms with van der Waals surface area (Å²) in [7, 11) is -9.92. The van der Waals surface area contributed by atoms with Crippen LogP contribution in [0.3, 0.4) is 0 Å². The number of phosphoric ester groups is 2. The first kappa shape index (κ1) is 99.1. The minimum absolute atomic E-state index is 0.105. The van der Waals surface area contributed by atoms with Gasteiger partial charge in [0, 0.05) is 25.7 Å². The van der Waals surface area contributed by atoms with Crippen LogP contribution in [0.1, 0.15) is 427 Å². The monoisotopic (exact) mass is 1480 g/mol. The van der Waals surface area contributed by atoms with Crippen LogP contribution in [-0.2, 0) is 65.4 Å². The van der Waals surface area contributed by atoms with Crippen molar-refractivity contribution in [3.8, 4) is 0 Å². The highest BCUT2D eigenvalue weighted by Crippen LogP contribution is 2.45. The van der Waals surface area contributed by atoms with E-state index in [1.54, 1.807) is 0 Å². The molecule has 0 bridgehead atoms. The van der Waals surface area contributed by atoms with Crippen LogP contribution in [-0.4, -0.2) is 96.7 Å². The molecule has 0 radical (unpaired) electrons. The minimum atomic E-state index is -4.96. The molecule has 0 aromatic carbocycles. The van der Waals surface area contributed by atoms with Gasteiger partial charge in [0.1, 0.15) is 19.3 Å². The average molecular weight is 1480 g/mol. The summed E-state index contributed by atoms with van der Waals surface area (Å²) in [4.78, 5) is 73.0. The highest BCUT2D eigenvalue weighted by molar-refractivity contribution is 7.47. The molecule has 0 heterocycles. The van der Waals surface area contributed by atoms with Crippen molar-refractivity contribution < 1.29 is 80.2 Å². The van der Waals surface area contributed by atoms with Crippen molar-refractivity contribution >= 4 is 39.5 Å². The quantitative estimate of drug-likeness (QED) is 0.0222. The van der Waals surface area contributed by atoms with E-state index in [1.165, 1.54) is 238 Å². The largest absolute Gasteiger partial charge is 0.472 e. The highest BCUT2D eigenvalue weighted by Gasteiger charge is 2.30. The first-order chi connectivity index (χ1) is 48.8. The van der Waals surface area contributed by atoms with Crippen LogP contribution in [0.4, 0.5) is 0 Å². The molecule has 3 unspecified atom stereocenters. The summed E-state index contributed by atoms with van der Waals surface area (Å²) >= 11 is 0. The summed E-state index contributed by atoms with van der Waals surface area (Å²) < 4.78 is 68.7. The number of esters is 4. The van der Waals surface area contributed by atoms with Crippen molar-refractivity contribution in [2.24, 2.45) is 17.8 Å². The Labute approximate surface area is 619 Å². The van der Waals surface area contributed by atoms with E-state index in [2.05, 4.69) is 48.5 Å². The zero-order valence-electron chi connectivity index (χ0n) is 66.4. The maximum atomic E-state index is 13.1. The number of carbonyl (C=O) groups is 4. The summed E-state index contributed by atoms with van der Waals surface area (Å²) in [6.45, 7) is 12.0. The van der Waals surface area contributed by atoms with Crippen LogP contribution >= 0.6 is 15.6 Å². The topological polar surface area (TPSA) is 237 Å². The lowest BCUT2D eigenvalue weighted by atomic mass is 9.99. The van der Waals surface area contributed by atoms with Crippen molar-refractivity contribution in [2.45, 2.75) is 446 Å². The maximum absolute atomic E-state index is 13.1. The summed E-state index contributed by atoms with van der Waals surface area (Å²) in [5.41, 5.74) is 0. The molecule has 0 aliphatic carbocycles. The number of aliphatic hydroxyl groups excluding tert-OH is 1. The van der Waals surface area contributed by atoms with E-state index >= 15 is 0 Å². The van der Waals surface area contributed by atoms with Gasteiger partial charge in [-0.05, 0) is 43.4 Å². The van der Waals surface area contributed by atoms with Crippen LogP contribution in [0.25, 0.3) is 0 Å². The first-order valence-corrected chi connectivity index (χ1v) is 45.4. The maximum Gasteiger partial charge on any atom is 0.472 e. The summed E-state index contributed by atoms with van der Waals surface area (Å²) in [6, 6.07) is 0. The van der Waals surface area contributed by atoms with Crippen molar-refractivity contribution in [1.29, 1.82) is 0 Å². The van der Waals surface area contributed by atoms with Gasteiger partial charge in [-0.3, -0.25) is 37.3 Å². The zero-order valence-corrected chi connectivity index (χ0v) is 68.2. The molecule has 0 rings (SSSR count). The number of unbranched alkanes of at least 4 members (excludes halogenated alkanes) is 47. The molecule has 17 nitrogen and oxygen atoms in total. The van der Waals surface area contributed by atoms with Crippen LogP contribution in [0.5, 0.6) is 0 Å². The Kier molecular flexibility index (Phi) is 70.9. The number of hydrogen-bond acceptors (Lipinski definition) is 15. The highest BCUT2D eigenvalue weighted by atomic mass is 31.2. The molecule has 0 aliphatic rings. The third-order valence-corrected chi connectivity index (χ3v) is 21.4. The third kappa shape index (κ3) is 74.7. The Morgan fingerprint density at radius 1 is 0.287 bits per heavy atom. The van der Waals surface area contributed by atoms with E-state index in [0.29, 0.717) is 25.7 Å². The molecule has 0 spiro atoms. The number of carbonyl (C=O) groups excluding carboxylic acids is 4. The number of rotatable bonds is 80. The van der Waals surface area contributed by atoms with Crippen LogP contribution in [0.15, 0.2) is 0 Å². The van der Waals surface area contributed by atoms with E-state index in [1.807, 2.05) is 0 Å². The van der Waals surface area contributed by atoms with E-state index in [0.717, 1.165) is 108 Å². The lowest BCUT2D eigenvalue weighted by Crippen LogP contribution is -2.30. The van der Waals surface area contributed by atoms with Crippen molar-refractivity contribution in [2.75, 3.05) is 39.6 Å². The van der Waals surface area contributed by atoms with Gasteiger partial charge in [0.2, 0.25) is 0 Å². The van der Waals surface area contributed by atoms with Gasteiger partial charge in [-0.2, -0.15) is 0 Å². The van der Waals surface area contributed by atoms with Gasteiger partial charge in [-0.15, -0.1) is 0 Å². The van der Waals surface area contributed by atoms with Gasteiger partial charge < -0.3 is 33.8 Å². The Balaban J connectivity index is 5.22. The minimum Gasteiger partial charge on any atom is -0.462 e. The molecule has 0 saturated heterocycles. The molecule has 3 N–H and O–H groups in total. The number of ether oxygens (including phenoxy) is 4. The summed E-state index contributed by atoms with van der Waals surface area (Å²) in [5.74, 6) is 0.277. The summed E-state index contributed by atoms with van der Waals surface area (Å²) in [6.07, 6.45) is 61.1. The Hall–Kier alpha value is -1.94. The van der Waals surface area contributed by atoms with Gasteiger partial charge in [0.25, 0.3) is 0 Å². The zero-order chi connectivity index (χ0) is 74.4. The molecule has 19 heteroatoms. The predicted octanol–water partition coefficient (Wildman–Crippen LogP) is 24.5. The lowest BCUT2D eigenvalue weighted by Gasteiger charge is -2.21. The van der Waals surface area contributed by atoms with Crippen molar-refractivity contribution in [3.05, 3.63) is 0 Å². The molecule has 0 aromatic rings. The molecular formula is C82H160O17P2. The second-order valence-corrected chi connectivity index (χ2v) is 33.6. The SMILES string of the molecule is CCCCCCCCCCCCCC(=O)OC[C@H](COP(=O)(O)OC[C@H](O)COP(=O)(O)OC[C@@H](COC(=O)CCCCCCCCCCCCCCCCC(C)CC)OC(=O)CCCCCCCCCCCCCCCCCCCCC(C)C)OC(=O)CCCCCCCCCCC(C)C. The summed E-state index contributed by atoms with van der Waals surface area (Å²) in [5, 5.41) is 10.6. The van der Waals surface area contributed by atoms with Crippen LogP contribution in [0.2, 0.25) is 0 Å². The fourth-order valence-corrected chi connectivity index (χ4v) is 14.2. The predicted molar refractivity (Wildman–Crippen MR) is 414 cm³/mol. The Morgan fingerprint density at radius 2 is 0.505 bits per heavy atom.